The van der Waals surface area contributed by atoms with Crippen LogP contribution in [0.5, 0.6) is 0 Å². The molecule has 0 aliphatic carbocycles. The first-order chi connectivity index (χ1) is 8.18. The fraction of sp³-hybridized carbons (Fsp3) is 0.143. The van der Waals surface area contributed by atoms with Crippen molar-refractivity contribution >= 4 is 21.7 Å². The summed E-state index contributed by atoms with van der Waals surface area (Å²) in [6.45, 7) is 3.93. The summed E-state index contributed by atoms with van der Waals surface area (Å²) in [5.74, 6) is 0. The quantitative estimate of drug-likeness (QED) is 0.436. The minimum atomic E-state index is -0.325. The number of aryl methyl sites for hydroxylation is 2. The highest BCUT2D eigenvalue weighted by Crippen LogP contribution is 2.25. The Labute approximate surface area is 97.7 Å². The minimum absolute atomic E-state index is 0.325. The molecule has 0 unspecified atom stereocenters. The number of para-hydroxylation sites is 1. The van der Waals surface area contributed by atoms with E-state index in [1.165, 1.54) is 0 Å². The maximum atomic E-state index is 11.8. The van der Waals surface area contributed by atoms with Crippen LogP contribution in [0.4, 0.5) is 0 Å². The van der Waals surface area contributed by atoms with E-state index >= 15 is 0 Å². The van der Waals surface area contributed by atoms with E-state index in [0.29, 0.717) is 11.0 Å². The van der Waals surface area contributed by atoms with E-state index in [-0.39, 0.29) is 5.63 Å². The maximum absolute atomic E-state index is 11.8. The first kappa shape index (κ1) is 10.0. The summed E-state index contributed by atoms with van der Waals surface area (Å²) in [7, 11) is 0. The molecule has 2 heterocycles. The Kier molecular flexibility index (Phi) is 2.01. The van der Waals surface area contributed by atoms with Crippen LogP contribution in [0, 0.1) is 13.8 Å². The topological polar surface area (TPSA) is 43.1 Å². The van der Waals surface area contributed by atoms with Gasteiger partial charge in [-0.25, -0.2) is 4.79 Å². The molecule has 0 radical (unpaired) electrons. The van der Waals surface area contributed by atoms with Gasteiger partial charge >= 0.3 is 5.63 Å². The molecule has 3 nitrogen and oxygen atoms in total. The zero-order valence-corrected chi connectivity index (χ0v) is 9.65. The van der Waals surface area contributed by atoms with Gasteiger partial charge < -0.3 is 4.42 Å². The van der Waals surface area contributed by atoms with Crippen LogP contribution in [0.2, 0.25) is 0 Å². The van der Waals surface area contributed by atoms with Crippen molar-refractivity contribution in [1.29, 1.82) is 0 Å². The molecule has 3 rings (SSSR count). The van der Waals surface area contributed by atoms with Gasteiger partial charge in [-0.15, -0.1) is 0 Å². The van der Waals surface area contributed by atoms with Gasteiger partial charge in [0.15, 0.2) is 0 Å². The zero-order chi connectivity index (χ0) is 12.0. The van der Waals surface area contributed by atoms with E-state index in [4.69, 9.17) is 4.42 Å². The van der Waals surface area contributed by atoms with Gasteiger partial charge in [-0.05, 0) is 25.5 Å². The number of aromatic nitrogens is 1. The normalized spacial score (nSPS) is 11.2. The molecule has 0 fully saturated rings. The molecule has 0 bridgehead atoms. The lowest BCUT2D eigenvalue weighted by Gasteiger charge is -2.06. The molecule has 0 atom stereocenters. The smallest absolute Gasteiger partial charge is 0.345 e. The van der Waals surface area contributed by atoms with E-state index in [1.54, 1.807) is 6.20 Å². The lowest BCUT2D eigenvalue weighted by atomic mass is 10.0. The number of nitrogens with zero attached hydrogens (tertiary/aromatic N) is 1. The molecular formula is C14H11NO2. The highest BCUT2D eigenvalue weighted by molar-refractivity contribution is 6.05. The van der Waals surface area contributed by atoms with Crippen LogP contribution in [0.15, 0.2) is 39.7 Å². The SMILES string of the molecule is Cc1ncc2c(=O)oc3ccccc3c2c1C. The van der Waals surface area contributed by atoms with E-state index < -0.39 is 0 Å². The molecule has 1 aromatic carbocycles. The molecule has 2 aromatic heterocycles. The Balaban J connectivity index is 2.72. The predicted octanol–water partition coefficient (Wildman–Crippen LogP) is 2.96. The monoisotopic (exact) mass is 225 g/mol. The summed E-state index contributed by atoms with van der Waals surface area (Å²) in [6.07, 6.45) is 1.59. The fourth-order valence-electron chi connectivity index (χ4n) is 2.12. The molecule has 0 spiro atoms. The predicted molar refractivity (Wildman–Crippen MR) is 67.3 cm³/mol. The second kappa shape index (κ2) is 3.42. The molecule has 3 aromatic rings. The number of pyridine rings is 1. The summed E-state index contributed by atoms with van der Waals surface area (Å²) in [6, 6.07) is 7.58. The second-order valence-electron chi connectivity index (χ2n) is 4.14. The lowest BCUT2D eigenvalue weighted by Crippen LogP contribution is -2.02. The molecule has 17 heavy (non-hydrogen) atoms. The van der Waals surface area contributed by atoms with Crippen molar-refractivity contribution in [2.24, 2.45) is 0 Å². The number of benzene rings is 1. The largest absolute Gasteiger partial charge is 0.422 e. The van der Waals surface area contributed by atoms with Crippen molar-refractivity contribution in [2.45, 2.75) is 13.8 Å². The average molecular weight is 225 g/mol. The Hall–Kier alpha value is -2.16. The molecule has 84 valence electrons. The van der Waals surface area contributed by atoms with Gasteiger partial charge in [-0.1, -0.05) is 18.2 Å². The molecule has 0 saturated carbocycles. The Bertz CT molecular complexity index is 787. The van der Waals surface area contributed by atoms with Gasteiger partial charge in [0.25, 0.3) is 0 Å². The fourth-order valence-corrected chi connectivity index (χ4v) is 2.12. The van der Waals surface area contributed by atoms with Crippen LogP contribution < -0.4 is 5.63 Å². The van der Waals surface area contributed by atoms with Crippen molar-refractivity contribution < 1.29 is 4.42 Å². The number of rotatable bonds is 0. The summed E-state index contributed by atoms with van der Waals surface area (Å²) in [4.78, 5) is 16.1. The third-order valence-electron chi connectivity index (χ3n) is 3.15. The van der Waals surface area contributed by atoms with E-state index in [9.17, 15) is 4.79 Å². The van der Waals surface area contributed by atoms with Crippen molar-refractivity contribution in [1.82, 2.24) is 4.98 Å². The molecule has 0 amide bonds. The van der Waals surface area contributed by atoms with Crippen molar-refractivity contribution in [2.75, 3.05) is 0 Å². The summed E-state index contributed by atoms with van der Waals surface area (Å²) in [5.41, 5.74) is 2.27. The Morgan fingerprint density at radius 3 is 2.71 bits per heavy atom. The molecular weight excluding hydrogens is 214 g/mol. The molecule has 0 saturated heterocycles. The van der Waals surface area contributed by atoms with Crippen LogP contribution in [0.25, 0.3) is 21.7 Å². The number of hydrogen-bond donors (Lipinski definition) is 0. The van der Waals surface area contributed by atoms with Crippen LogP contribution in [0.3, 0.4) is 0 Å². The van der Waals surface area contributed by atoms with Crippen molar-refractivity contribution in [3.8, 4) is 0 Å². The van der Waals surface area contributed by atoms with E-state index in [2.05, 4.69) is 4.98 Å². The van der Waals surface area contributed by atoms with E-state index in [1.807, 2.05) is 38.1 Å². The van der Waals surface area contributed by atoms with Gasteiger partial charge in [-0.3, -0.25) is 4.98 Å². The standard InChI is InChI=1S/C14H11NO2/c1-8-9(2)15-7-11-13(8)10-5-3-4-6-12(10)17-14(11)16/h3-7H,1-2H3. The van der Waals surface area contributed by atoms with Gasteiger partial charge in [0.1, 0.15) is 5.58 Å². The van der Waals surface area contributed by atoms with Crippen LogP contribution in [-0.2, 0) is 0 Å². The average Bonchev–Trinajstić information content (AvgIpc) is 2.33. The maximum Gasteiger partial charge on any atom is 0.345 e. The summed E-state index contributed by atoms with van der Waals surface area (Å²) in [5, 5.41) is 2.46. The van der Waals surface area contributed by atoms with Gasteiger partial charge in [0.2, 0.25) is 0 Å². The van der Waals surface area contributed by atoms with Gasteiger partial charge in [-0.2, -0.15) is 0 Å². The first-order valence-corrected chi connectivity index (χ1v) is 5.46. The number of fused-ring (bicyclic) bond motifs is 3. The molecule has 3 heteroatoms. The van der Waals surface area contributed by atoms with Gasteiger partial charge in [0, 0.05) is 22.7 Å². The van der Waals surface area contributed by atoms with Crippen molar-refractivity contribution in [3.05, 3.63) is 52.1 Å². The third kappa shape index (κ3) is 1.35. The second-order valence-corrected chi connectivity index (χ2v) is 4.14. The van der Waals surface area contributed by atoms with Crippen molar-refractivity contribution in [3.63, 3.8) is 0 Å². The Morgan fingerprint density at radius 2 is 1.88 bits per heavy atom. The van der Waals surface area contributed by atoms with Crippen LogP contribution >= 0.6 is 0 Å². The minimum Gasteiger partial charge on any atom is -0.422 e. The summed E-state index contributed by atoms with van der Waals surface area (Å²) < 4.78 is 5.27. The van der Waals surface area contributed by atoms with E-state index in [0.717, 1.165) is 22.0 Å². The van der Waals surface area contributed by atoms with Crippen LogP contribution in [0.1, 0.15) is 11.3 Å². The highest BCUT2D eigenvalue weighted by Gasteiger charge is 2.10. The Morgan fingerprint density at radius 1 is 1.12 bits per heavy atom. The number of hydrogen-bond acceptors (Lipinski definition) is 3. The molecule has 0 aliphatic heterocycles. The van der Waals surface area contributed by atoms with Gasteiger partial charge in [0.05, 0.1) is 5.39 Å². The third-order valence-corrected chi connectivity index (χ3v) is 3.15. The first-order valence-electron chi connectivity index (χ1n) is 5.46. The highest BCUT2D eigenvalue weighted by atomic mass is 16.4. The zero-order valence-electron chi connectivity index (χ0n) is 9.65. The molecule has 0 N–H and O–H groups in total. The van der Waals surface area contributed by atoms with Crippen LogP contribution in [-0.4, -0.2) is 4.98 Å². The lowest BCUT2D eigenvalue weighted by molar-refractivity contribution is 0.569. The summed E-state index contributed by atoms with van der Waals surface area (Å²) >= 11 is 0. The molecule has 0 aliphatic rings.